The van der Waals surface area contributed by atoms with E-state index in [0.717, 1.165) is 5.56 Å². The second kappa shape index (κ2) is 3.94. The molecule has 0 aromatic heterocycles. The van der Waals surface area contributed by atoms with Crippen molar-refractivity contribution in [3.05, 3.63) is 23.3 Å². The molecule has 1 aliphatic rings. The third-order valence-electron chi connectivity index (χ3n) is 2.79. The molecule has 1 unspecified atom stereocenters. The van der Waals surface area contributed by atoms with E-state index in [9.17, 15) is 4.39 Å². The van der Waals surface area contributed by atoms with Crippen molar-refractivity contribution in [2.45, 2.75) is 19.5 Å². The van der Waals surface area contributed by atoms with Gasteiger partial charge in [-0.2, -0.15) is 0 Å². The van der Waals surface area contributed by atoms with Crippen molar-refractivity contribution in [3.8, 4) is 11.5 Å². The molecule has 2 rings (SSSR count). The van der Waals surface area contributed by atoms with E-state index in [4.69, 9.17) is 9.47 Å². The van der Waals surface area contributed by atoms with Gasteiger partial charge in [0.05, 0.1) is 0 Å². The van der Waals surface area contributed by atoms with Crippen LogP contribution in [0.5, 0.6) is 11.5 Å². The van der Waals surface area contributed by atoms with E-state index in [-0.39, 0.29) is 13.3 Å². The summed E-state index contributed by atoms with van der Waals surface area (Å²) in [6.07, 6.45) is 0. The van der Waals surface area contributed by atoms with Crippen LogP contribution in [0, 0.1) is 6.92 Å². The highest BCUT2D eigenvalue weighted by Gasteiger charge is 2.29. The molecule has 0 radical (unpaired) electrons. The Labute approximate surface area is 94.6 Å². The fraction of sp³-hybridized carbons (Fsp3) is 0.500. The molecule has 0 fully saturated rings. The van der Waals surface area contributed by atoms with Crippen molar-refractivity contribution >= 4 is 0 Å². The molecule has 1 aliphatic heterocycles. The molecule has 0 saturated carbocycles. The fourth-order valence-corrected chi connectivity index (χ4v) is 2.03. The number of ether oxygens (including phenoxy) is 2. The Morgan fingerprint density at radius 1 is 1.38 bits per heavy atom. The molecule has 0 amide bonds. The van der Waals surface area contributed by atoms with E-state index >= 15 is 0 Å². The van der Waals surface area contributed by atoms with Crippen LogP contribution in [0.15, 0.2) is 12.1 Å². The summed E-state index contributed by atoms with van der Waals surface area (Å²) in [7, 11) is 1.74. The third-order valence-corrected chi connectivity index (χ3v) is 2.79. The van der Waals surface area contributed by atoms with Gasteiger partial charge in [-0.3, -0.25) is 0 Å². The Morgan fingerprint density at radius 2 is 2.00 bits per heavy atom. The van der Waals surface area contributed by atoms with Crippen LogP contribution >= 0.6 is 0 Å². The molecular weight excluding hydrogens is 209 g/mol. The number of aryl methyl sites for hydroxylation is 1. The molecule has 1 N–H and O–H groups in total. The molecule has 0 saturated heterocycles. The molecule has 16 heavy (non-hydrogen) atoms. The van der Waals surface area contributed by atoms with Gasteiger partial charge >= 0.3 is 0 Å². The largest absolute Gasteiger partial charge is 0.454 e. The summed E-state index contributed by atoms with van der Waals surface area (Å²) >= 11 is 0. The minimum Gasteiger partial charge on any atom is -0.454 e. The van der Waals surface area contributed by atoms with Gasteiger partial charge in [-0.05, 0) is 44.2 Å². The van der Waals surface area contributed by atoms with Gasteiger partial charge in [0.1, 0.15) is 5.67 Å². The van der Waals surface area contributed by atoms with Gasteiger partial charge in [0.2, 0.25) is 6.79 Å². The van der Waals surface area contributed by atoms with Crippen molar-refractivity contribution < 1.29 is 13.9 Å². The zero-order valence-corrected chi connectivity index (χ0v) is 9.76. The lowest BCUT2D eigenvalue weighted by molar-refractivity contribution is 0.172. The Morgan fingerprint density at radius 3 is 2.62 bits per heavy atom. The van der Waals surface area contributed by atoms with Gasteiger partial charge in [0.15, 0.2) is 11.5 Å². The minimum atomic E-state index is -1.40. The van der Waals surface area contributed by atoms with Crippen LogP contribution in [0.4, 0.5) is 4.39 Å². The van der Waals surface area contributed by atoms with Crippen molar-refractivity contribution in [2.75, 3.05) is 20.4 Å². The number of alkyl halides is 1. The van der Waals surface area contributed by atoms with Gasteiger partial charge in [0, 0.05) is 6.54 Å². The molecule has 0 bridgehead atoms. The second-order valence-electron chi connectivity index (χ2n) is 4.25. The monoisotopic (exact) mass is 225 g/mol. The summed E-state index contributed by atoms with van der Waals surface area (Å²) in [6.45, 7) is 3.93. The van der Waals surface area contributed by atoms with Crippen LogP contribution in [-0.2, 0) is 5.67 Å². The number of nitrogens with one attached hydrogen (secondary N) is 1. The average Bonchev–Trinajstić information content (AvgIpc) is 2.63. The van der Waals surface area contributed by atoms with Gasteiger partial charge in [-0.15, -0.1) is 0 Å². The molecule has 0 aliphatic carbocycles. The van der Waals surface area contributed by atoms with Gasteiger partial charge in [0.25, 0.3) is 0 Å². The number of benzene rings is 1. The van der Waals surface area contributed by atoms with E-state index in [2.05, 4.69) is 5.32 Å². The molecule has 4 heteroatoms. The van der Waals surface area contributed by atoms with Gasteiger partial charge in [-0.25, -0.2) is 4.39 Å². The Bertz CT molecular complexity index is 404. The Balaban J connectivity index is 2.41. The number of hydrogen-bond acceptors (Lipinski definition) is 3. The Kier molecular flexibility index (Phi) is 2.76. The topological polar surface area (TPSA) is 30.5 Å². The van der Waals surface area contributed by atoms with Crippen molar-refractivity contribution in [2.24, 2.45) is 0 Å². The standard InChI is InChI=1S/C12H16FNO2/c1-8-4-10-11(16-7-15-10)5-9(8)12(2,13)6-14-3/h4-5,14H,6-7H2,1-3H3. The molecule has 88 valence electrons. The number of fused-ring (bicyclic) bond motifs is 1. The lowest BCUT2D eigenvalue weighted by atomic mass is 9.93. The zero-order chi connectivity index (χ0) is 11.8. The zero-order valence-electron chi connectivity index (χ0n) is 9.76. The molecule has 0 spiro atoms. The molecule has 1 atom stereocenters. The first-order valence-electron chi connectivity index (χ1n) is 5.29. The highest BCUT2D eigenvalue weighted by atomic mass is 19.1. The normalized spacial score (nSPS) is 17.2. The molecule has 1 aromatic carbocycles. The summed E-state index contributed by atoms with van der Waals surface area (Å²) in [5.41, 5.74) is 0.121. The minimum absolute atomic E-state index is 0.216. The van der Waals surface area contributed by atoms with Crippen LogP contribution in [0.2, 0.25) is 0 Å². The number of hydrogen-bond donors (Lipinski definition) is 1. The predicted molar refractivity (Wildman–Crippen MR) is 59.7 cm³/mol. The predicted octanol–water partition coefficient (Wildman–Crippen LogP) is 2.13. The maximum Gasteiger partial charge on any atom is 0.231 e. The van der Waals surface area contributed by atoms with Crippen LogP contribution in [0.3, 0.4) is 0 Å². The summed E-state index contributed by atoms with van der Waals surface area (Å²) in [6, 6.07) is 3.56. The number of likely N-dealkylation sites (N-methyl/N-ethyl adjacent to an activating group) is 1. The smallest absolute Gasteiger partial charge is 0.231 e. The van der Waals surface area contributed by atoms with Crippen molar-refractivity contribution in [1.29, 1.82) is 0 Å². The fourth-order valence-electron chi connectivity index (χ4n) is 2.03. The van der Waals surface area contributed by atoms with Gasteiger partial charge in [-0.1, -0.05) is 0 Å². The first kappa shape index (κ1) is 11.2. The van der Waals surface area contributed by atoms with Crippen LogP contribution in [-0.4, -0.2) is 20.4 Å². The maximum atomic E-state index is 14.4. The van der Waals surface area contributed by atoms with E-state index in [1.807, 2.05) is 13.0 Å². The third kappa shape index (κ3) is 1.85. The lowest BCUT2D eigenvalue weighted by Crippen LogP contribution is -2.30. The lowest BCUT2D eigenvalue weighted by Gasteiger charge is -2.22. The maximum absolute atomic E-state index is 14.4. The highest BCUT2D eigenvalue weighted by Crippen LogP contribution is 2.39. The van der Waals surface area contributed by atoms with E-state index in [1.54, 1.807) is 20.0 Å². The molecular formula is C12H16FNO2. The summed E-state index contributed by atoms with van der Waals surface area (Å²) < 4.78 is 24.9. The first-order valence-corrected chi connectivity index (χ1v) is 5.29. The molecule has 1 heterocycles. The quantitative estimate of drug-likeness (QED) is 0.854. The first-order chi connectivity index (χ1) is 7.54. The summed E-state index contributed by atoms with van der Waals surface area (Å²) in [5, 5.41) is 2.85. The number of halogens is 1. The highest BCUT2D eigenvalue weighted by molar-refractivity contribution is 5.50. The average molecular weight is 225 g/mol. The SMILES string of the molecule is CNCC(C)(F)c1cc2c(cc1C)OCO2. The van der Waals surface area contributed by atoms with Gasteiger partial charge < -0.3 is 14.8 Å². The van der Waals surface area contributed by atoms with Crippen LogP contribution in [0.25, 0.3) is 0 Å². The summed E-state index contributed by atoms with van der Waals surface area (Å²) in [5.74, 6) is 1.32. The second-order valence-corrected chi connectivity index (χ2v) is 4.25. The van der Waals surface area contributed by atoms with E-state index < -0.39 is 5.67 Å². The van der Waals surface area contributed by atoms with Crippen LogP contribution < -0.4 is 14.8 Å². The molecule has 3 nitrogen and oxygen atoms in total. The van der Waals surface area contributed by atoms with Crippen molar-refractivity contribution in [1.82, 2.24) is 5.32 Å². The number of rotatable bonds is 3. The van der Waals surface area contributed by atoms with Crippen molar-refractivity contribution in [3.63, 3.8) is 0 Å². The summed E-state index contributed by atoms with van der Waals surface area (Å²) in [4.78, 5) is 0. The van der Waals surface area contributed by atoms with E-state index in [0.29, 0.717) is 17.1 Å². The molecule has 1 aromatic rings. The Hall–Kier alpha value is -1.29. The van der Waals surface area contributed by atoms with E-state index in [1.165, 1.54) is 0 Å². The van der Waals surface area contributed by atoms with Crippen LogP contribution in [0.1, 0.15) is 18.1 Å².